The number of carbonyl (C=O) groups is 1. The molecule has 0 aromatic heterocycles. The Morgan fingerprint density at radius 1 is 1.27 bits per heavy atom. The molecular weight excluding hydrogens is 467 g/mol. The van der Waals surface area contributed by atoms with E-state index in [1.54, 1.807) is 36.4 Å². The second kappa shape index (κ2) is 9.86. The number of halogens is 1. The highest BCUT2D eigenvalue weighted by Gasteiger charge is 2.56. The Kier molecular flexibility index (Phi) is 6.75. The van der Waals surface area contributed by atoms with Crippen molar-refractivity contribution in [2.24, 2.45) is 21.7 Å². The maximum atomic E-state index is 14.3. The number of nitrogens with one attached hydrogen (secondary N) is 2. The highest BCUT2D eigenvalue weighted by Crippen LogP contribution is 2.59. The van der Waals surface area contributed by atoms with E-state index in [1.165, 1.54) is 6.07 Å². The van der Waals surface area contributed by atoms with Crippen LogP contribution in [0.15, 0.2) is 59.2 Å². The third-order valence-electron chi connectivity index (χ3n) is 8.53. The molecule has 194 valence electrons. The SMILES string of the molecule is CCC1=CC2(C(=N)c3cc(C(=O)NC4CCC(CO)(Cc5ccccc5F)C4)ccc3N)CC2CC=N1. The Morgan fingerprint density at radius 3 is 2.84 bits per heavy atom. The number of nitrogen functional groups attached to an aromatic ring is 1. The summed E-state index contributed by atoms with van der Waals surface area (Å²) in [6.07, 6.45) is 9.06. The lowest BCUT2D eigenvalue weighted by atomic mass is 9.80. The van der Waals surface area contributed by atoms with Crippen LogP contribution < -0.4 is 11.1 Å². The Bertz CT molecular complexity index is 1290. The van der Waals surface area contributed by atoms with Crippen molar-refractivity contribution < 1.29 is 14.3 Å². The molecule has 1 aliphatic heterocycles. The van der Waals surface area contributed by atoms with E-state index < -0.39 is 5.41 Å². The van der Waals surface area contributed by atoms with Crippen LogP contribution in [-0.4, -0.2) is 35.6 Å². The maximum absolute atomic E-state index is 14.3. The van der Waals surface area contributed by atoms with Gasteiger partial charge >= 0.3 is 0 Å². The van der Waals surface area contributed by atoms with Gasteiger partial charge in [0, 0.05) is 46.8 Å². The smallest absolute Gasteiger partial charge is 0.251 e. The molecule has 0 radical (unpaired) electrons. The zero-order chi connectivity index (χ0) is 26.2. The summed E-state index contributed by atoms with van der Waals surface area (Å²) < 4.78 is 14.3. The second-order valence-corrected chi connectivity index (χ2v) is 11.0. The molecule has 0 saturated heterocycles. The van der Waals surface area contributed by atoms with E-state index in [9.17, 15) is 14.3 Å². The molecule has 37 heavy (non-hydrogen) atoms. The standard InChI is InChI=1S/C30H35FN4O2/c1-2-22-17-30(15-21(30)10-12-34-22)27(33)24-13-19(7-8-26(24)32)28(37)35-23-9-11-29(16-23,18-36)14-20-5-3-4-6-25(20)31/h3-8,12-13,17,21,23,33,36H,2,9-11,14-16,18,32H2,1H3,(H,35,37). The summed E-state index contributed by atoms with van der Waals surface area (Å²) in [4.78, 5) is 17.8. The monoisotopic (exact) mass is 502 g/mol. The van der Waals surface area contributed by atoms with Crippen LogP contribution >= 0.6 is 0 Å². The Hall–Kier alpha value is -3.32. The van der Waals surface area contributed by atoms with Crippen molar-refractivity contribution in [2.45, 2.75) is 57.9 Å². The number of hydrogen-bond acceptors (Lipinski definition) is 5. The number of amides is 1. The average Bonchev–Trinajstić information content (AvgIpc) is 3.50. The van der Waals surface area contributed by atoms with Crippen LogP contribution in [0.3, 0.4) is 0 Å². The quantitative estimate of drug-likeness (QED) is 0.299. The molecule has 1 heterocycles. The predicted octanol–water partition coefficient (Wildman–Crippen LogP) is 5.05. The summed E-state index contributed by atoms with van der Waals surface area (Å²) in [5.74, 6) is -0.153. The number of aliphatic imine (C=N–C) groups is 1. The molecule has 0 bridgehead atoms. The Balaban J connectivity index is 1.30. The molecule has 4 unspecified atom stereocenters. The van der Waals surface area contributed by atoms with Crippen molar-refractivity contribution in [1.29, 1.82) is 5.41 Å². The van der Waals surface area contributed by atoms with Crippen LogP contribution in [0.1, 0.15) is 66.9 Å². The van der Waals surface area contributed by atoms with Crippen LogP contribution in [0.4, 0.5) is 10.1 Å². The molecule has 2 fully saturated rings. The summed E-state index contributed by atoms with van der Waals surface area (Å²) in [7, 11) is 0. The van der Waals surface area contributed by atoms with Gasteiger partial charge in [-0.05, 0) is 86.1 Å². The normalized spacial score (nSPS) is 28.2. The van der Waals surface area contributed by atoms with Crippen molar-refractivity contribution in [3.63, 3.8) is 0 Å². The highest BCUT2D eigenvalue weighted by molar-refractivity contribution is 6.11. The first kappa shape index (κ1) is 25.3. The molecule has 5 rings (SSSR count). The van der Waals surface area contributed by atoms with Gasteiger partial charge in [-0.2, -0.15) is 0 Å². The van der Waals surface area contributed by atoms with E-state index in [0.29, 0.717) is 59.7 Å². The maximum Gasteiger partial charge on any atom is 0.251 e. The van der Waals surface area contributed by atoms with Gasteiger partial charge in [0.25, 0.3) is 5.91 Å². The third kappa shape index (κ3) is 4.85. The molecule has 7 heteroatoms. The number of aliphatic hydroxyl groups is 1. The van der Waals surface area contributed by atoms with Crippen molar-refractivity contribution in [3.05, 3.63) is 76.7 Å². The van der Waals surface area contributed by atoms with Gasteiger partial charge < -0.3 is 21.6 Å². The van der Waals surface area contributed by atoms with Crippen LogP contribution in [0.25, 0.3) is 0 Å². The van der Waals surface area contributed by atoms with Gasteiger partial charge in [0.05, 0.1) is 5.71 Å². The van der Waals surface area contributed by atoms with Gasteiger partial charge in [0.2, 0.25) is 0 Å². The van der Waals surface area contributed by atoms with Gasteiger partial charge in [-0.25, -0.2) is 4.39 Å². The number of hydrogen-bond donors (Lipinski definition) is 4. The minimum atomic E-state index is -0.459. The van der Waals surface area contributed by atoms with Gasteiger partial charge in [0.1, 0.15) is 5.82 Å². The highest BCUT2D eigenvalue weighted by atomic mass is 19.1. The van der Waals surface area contributed by atoms with Crippen LogP contribution in [0.5, 0.6) is 0 Å². The average molecular weight is 503 g/mol. The van der Waals surface area contributed by atoms with E-state index in [-0.39, 0.29) is 29.8 Å². The lowest BCUT2D eigenvalue weighted by Crippen LogP contribution is -2.35. The number of anilines is 1. The number of benzene rings is 2. The van der Waals surface area contributed by atoms with E-state index in [4.69, 9.17) is 11.1 Å². The van der Waals surface area contributed by atoms with Crippen LogP contribution in [0.2, 0.25) is 0 Å². The summed E-state index contributed by atoms with van der Waals surface area (Å²) in [6, 6.07) is 11.7. The molecule has 2 aromatic rings. The first-order valence-electron chi connectivity index (χ1n) is 13.2. The fourth-order valence-corrected chi connectivity index (χ4v) is 6.19. The topological polar surface area (TPSA) is 112 Å². The van der Waals surface area contributed by atoms with E-state index >= 15 is 0 Å². The molecule has 1 amide bonds. The van der Waals surface area contributed by atoms with Crippen molar-refractivity contribution in [3.8, 4) is 0 Å². The molecular formula is C30H35FN4O2. The van der Waals surface area contributed by atoms with Gasteiger partial charge in [-0.3, -0.25) is 9.79 Å². The number of carbonyl (C=O) groups excluding carboxylic acids is 1. The van der Waals surface area contributed by atoms with E-state index in [2.05, 4.69) is 23.3 Å². The van der Waals surface area contributed by atoms with Crippen molar-refractivity contribution >= 4 is 23.5 Å². The number of fused-ring (bicyclic) bond motifs is 1. The lowest BCUT2D eigenvalue weighted by Gasteiger charge is -2.27. The fourth-order valence-electron chi connectivity index (χ4n) is 6.19. The number of aliphatic hydroxyl groups excluding tert-OH is 1. The van der Waals surface area contributed by atoms with Crippen LogP contribution in [-0.2, 0) is 6.42 Å². The van der Waals surface area contributed by atoms with Crippen molar-refractivity contribution in [1.82, 2.24) is 5.32 Å². The molecule has 4 atom stereocenters. The predicted molar refractivity (Wildman–Crippen MR) is 144 cm³/mol. The summed E-state index contributed by atoms with van der Waals surface area (Å²) in [5.41, 5.74) is 9.04. The largest absolute Gasteiger partial charge is 0.398 e. The molecule has 0 spiro atoms. The first-order valence-corrected chi connectivity index (χ1v) is 13.2. The number of nitrogens with two attached hydrogens (primary N) is 1. The van der Waals surface area contributed by atoms with Gasteiger partial charge in [0.15, 0.2) is 0 Å². The summed E-state index contributed by atoms with van der Waals surface area (Å²) >= 11 is 0. The minimum Gasteiger partial charge on any atom is -0.398 e. The van der Waals surface area contributed by atoms with Gasteiger partial charge in [-0.15, -0.1) is 0 Å². The molecule has 6 nitrogen and oxygen atoms in total. The number of rotatable bonds is 8. The molecule has 2 aliphatic carbocycles. The minimum absolute atomic E-state index is 0.0584. The molecule has 2 saturated carbocycles. The summed E-state index contributed by atoms with van der Waals surface area (Å²) in [5, 5.41) is 22.4. The first-order chi connectivity index (χ1) is 17.8. The van der Waals surface area contributed by atoms with Gasteiger partial charge in [-0.1, -0.05) is 31.2 Å². The molecule has 3 aliphatic rings. The number of nitrogens with zero attached hydrogens (tertiary/aromatic N) is 1. The zero-order valence-corrected chi connectivity index (χ0v) is 21.3. The van der Waals surface area contributed by atoms with Crippen molar-refractivity contribution in [2.75, 3.05) is 12.3 Å². The molecule has 2 aromatic carbocycles. The number of allylic oxidation sites excluding steroid dienone is 2. The summed E-state index contributed by atoms with van der Waals surface area (Å²) in [6.45, 7) is 2.00. The fraction of sp³-hybridized carbons (Fsp3) is 0.433. The second-order valence-electron chi connectivity index (χ2n) is 11.0. The third-order valence-corrected chi connectivity index (χ3v) is 8.53. The Labute approximate surface area is 217 Å². The molecule has 5 N–H and O–H groups in total. The zero-order valence-electron chi connectivity index (χ0n) is 21.3. The Morgan fingerprint density at radius 2 is 2.08 bits per heavy atom. The van der Waals surface area contributed by atoms with E-state index in [0.717, 1.165) is 25.0 Å². The van der Waals surface area contributed by atoms with E-state index in [1.807, 2.05) is 6.21 Å². The lowest BCUT2D eigenvalue weighted by molar-refractivity contribution is 0.0923. The van der Waals surface area contributed by atoms with Crippen LogP contribution in [0, 0.1) is 28.0 Å².